The van der Waals surface area contributed by atoms with E-state index in [1.807, 2.05) is 18.5 Å². The minimum absolute atomic E-state index is 0.169. The van der Waals surface area contributed by atoms with Crippen LogP contribution in [0.5, 0.6) is 0 Å². The SMILES string of the molecule is Cc1ccc(C(=O)N2CC(c3nncn3CC3CC3)C3(CCCCC3)C2)cc1C. The topological polar surface area (TPSA) is 51.0 Å². The molecule has 154 valence electrons. The average molecular weight is 393 g/mol. The zero-order valence-corrected chi connectivity index (χ0v) is 17.7. The van der Waals surface area contributed by atoms with Gasteiger partial charge >= 0.3 is 0 Å². The van der Waals surface area contributed by atoms with Crippen LogP contribution in [0, 0.1) is 25.2 Å². The highest BCUT2D eigenvalue weighted by atomic mass is 16.2. The lowest BCUT2D eigenvalue weighted by Gasteiger charge is -2.37. The number of aromatic nitrogens is 3. The summed E-state index contributed by atoms with van der Waals surface area (Å²) in [4.78, 5) is 15.5. The van der Waals surface area contributed by atoms with Gasteiger partial charge in [-0.15, -0.1) is 10.2 Å². The summed E-state index contributed by atoms with van der Waals surface area (Å²) in [6.45, 7) is 6.86. The van der Waals surface area contributed by atoms with E-state index >= 15 is 0 Å². The summed E-state index contributed by atoms with van der Waals surface area (Å²) < 4.78 is 2.29. The van der Waals surface area contributed by atoms with E-state index in [9.17, 15) is 4.79 Å². The first kappa shape index (κ1) is 18.8. The van der Waals surface area contributed by atoms with Crippen LogP contribution in [0.25, 0.3) is 0 Å². The molecule has 5 heteroatoms. The van der Waals surface area contributed by atoms with Crippen LogP contribution in [0.1, 0.15) is 78.2 Å². The van der Waals surface area contributed by atoms with Gasteiger partial charge in [-0.25, -0.2) is 0 Å². The number of hydrogen-bond acceptors (Lipinski definition) is 3. The molecule has 5 nitrogen and oxygen atoms in total. The van der Waals surface area contributed by atoms with Crippen LogP contribution >= 0.6 is 0 Å². The van der Waals surface area contributed by atoms with Gasteiger partial charge in [-0.2, -0.15) is 0 Å². The van der Waals surface area contributed by atoms with Crippen LogP contribution in [0.4, 0.5) is 0 Å². The quantitative estimate of drug-likeness (QED) is 0.770. The van der Waals surface area contributed by atoms with E-state index in [0.29, 0.717) is 5.92 Å². The Bertz CT molecular complexity index is 907. The molecule has 1 atom stereocenters. The second-order valence-electron chi connectivity index (χ2n) is 9.75. The fourth-order valence-electron chi connectivity index (χ4n) is 5.55. The van der Waals surface area contributed by atoms with Crippen LogP contribution in [0.3, 0.4) is 0 Å². The van der Waals surface area contributed by atoms with Gasteiger partial charge in [0, 0.05) is 31.1 Å². The lowest BCUT2D eigenvalue weighted by molar-refractivity contribution is 0.0758. The van der Waals surface area contributed by atoms with Gasteiger partial charge in [-0.3, -0.25) is 4.79 Å². The maximum atomic E-state index is 13.4. The number of aryl methyl sites for hydroxylation is 2. The summed E-state index contributed by atoms with van der Waals surface area (Å²) in [5.41, 5.74) is 3.40. The number of rotatable bonds is 4. The van der Waals surface area contributed by atoms with Crippen molar-refractivity contribution in [1.82, 2.24) is 19.7 Å². The Morgan fingerprint density at radius 2 is 1.93 bits per heavy atom. The van der Waals surface area contributed by atoms with Crippen molar-refractivity contribution in [1.29, 1.82) is 0 Å². The van der Waals surface area contributed by atoms with Gasteiger partial charge in [0.15, 0.2) is 0 Å². The molecule has 3 fully saturated rings. The van der Waals surface area contributed by atoms with E-state index < -0.39 is 0 Å². The van der Waals surface area contributed by atoms with Gasteiger partial charge in [0.05, 0.1) is 0 Å². The Morgan fingerprint density at radius 3 is 2.66 bits per heavy atom. The van der Waals surface area contributed by atoms with Crippen molar-refractivity contribution in [2.45, 2.75) is 71.3 Å². The molecular weight excluding hydrogens is 360 g/mol. The number of hydrogen-bond donors (Lipinski definition) is 0. The molecule has 0 N–H and O–H groups in total. The van der Waals surface area contributed by atoms with Crippen molar-refractivity contribution < 1.29 is 4.79 Å². The second-order valence-corrected chi connectivity index (χ2v) is 9.75. The van der Waals surface area contributed by atoms with E-state index in [-0.39, 0.29) is 11.3 Å². The lowest BCUT2D eigenvalue weighted by atomic mass is 9.67. The lowest BCUT2D eigenvalue weighted by Crippen LogP contribution is -2.34. The predicted octanol–water partition coefficient (Wildman–Crippen LogP) is 4.50. The molecule has 0 bridgehead atoms. The number of benzene rings is 1. The number of carbonyl (C=O) groups is 1. The summed E-state index contributed by atoms with van der Waals surface area (Å²) in [7, 11) is 0. The molecule has 2 saturated carbocycles. The summed E-state index contributed by atoms with van der Waals surface area (Å²) in [6, 6.07) is 6.11. The molecule has 1 aromatic heterocycles. The van der Waals surface area contributed by atoms with Crippen LogP contribution in [-0.2, 0) is 6.54 Å². The molecule has 1 aliphatic heterocycles. The van der Waals surface area contributed by atoms with E-state index in [0.717, 1.165) is 36.9 Å². The molecule has 0 radical (unpaired) electrons. The van der Waals surface area contributed by atoms with E-state index in [4.69, 9.17) is 0 Å². The Balaban J connectivity index is 1.45. The molecule has 1 amide bonds. The minimum Gasteiger partial charge on any atom is -0.337 e. The molecule has 1 spiro atoms. The van der Waals surface area contributed by atoms with Crippen molar-refractivity contribution in [2.24, 2.45) is 11.3 Å². The molecule has 2 aromatic rings. The third-order valence-electron chi connectivity index (χ3n) is 7.65. The molecule has 2 aliphatic carbocycles. The highest BCUT2D eigenvalue weighted by Crippen LogP contribution is 2.52. The maximum Gasteiger partial charge on any atom is 0.253 e. The standard InChI is InChI=1S/C24H32N4O/c1-17-6-9-20(12-18(17)2)23(29)27-14-21(24(15-27)10-4-3-5-11-24)22-26-25-16-28(22)13-19-7-8-19/h6,9,12,16,19,21H,3-5,7-8,10-11,13-15H2,1-2H3. The van der Waals surface area contributed by atoms with E-state index in [1.165, 1.54) is 56.1 Å². The van der Waals surface area contributed by atoms with Crippen molar-refractivity contribution in [3.05, 3.63) is 47.0 Å². The molecule has 1 saturated heterocycles. The number of amides is 1. The molecule has 1 aromatic carbocycles. The molecule has 3 aliphatic rings. The minimum atomic E-state index is 0.169. The first-order valence-corrected chi connectivity index (χ1v) is 11.3. The van der Waals surface area contributed by atoms with Crippen molar-refractivity contribution in [2.75, 3.05) is 13.1 Å². The summed E-state index contributed by atoms with van der Waals surface area (Å²) in [6.07, 6.45) is 10.8. The number of carbonyl (C=O) groups excluding carboxylic acids is 1. The fraction of sp³-hybridized carbons (Fsp3) is 0.625. The zero-order chi connectivity index (χ0) is 20.0. The largest absolute Gasteiger partial charge is 0.337 e. The Morgan fingerprint density at radius 1 is 1.14 bits per heavy atom. The van der Waals surface area contributed by atoms with Crippen LogP contribution in [-0.4, -0.2) is 38.7 Å². The summed E-state index contributed by atoms with van der Waals surface area (Å²) in [5, 5.41) is 8.88. The molecule has 1 unspecified atom stereocenters. The predicted molar refractivity (Wildman–Crippen MR) is 113 cm³/mol. The third-order valence-corrected chi connectivity index (χ3v) is 7.65. The van der Waals surface area contributed by atoms with Crippen molar-refractivity contribution >= 4 is 5.91 Å². The van der Waals surface area contributed by atoms with Gasteiger partial charge in [0.2, 0.25) is 0 Å². The monoisotopic (exact) mass is 392 g/mol. The number of likely N-dealkylation sites (tertiary alicyclic amines) is 1. The van der Waals surface area contributed by atoms with Gasteiger partial charge < -0.3 is 9.47 Å². The van der Waals surface area contributed by atoms with Crippen molar-refractivity contribution in [3.63, 3.8) is 0 Å². The Kier molecular flexibility index (Phi) is 4.72. The van der Waals surface area contributed by atoms with Crippen LogP contribution < -0.4 is 0 Å². The highest BCUT2D eigenvalue weighted by Gasteiger charge is 2.50. The first-order valence-electron chi connectivity index (χ1n) is 11.3. The normalized spacial score (nSPS) is 23.7. The first-order chi connectivity index (χ1) is 14.1. The Labute approximate surface area is 173 Å². The molecule has 5 rings (SSSR count). The van der Waals surface area contributed by atoms with E-state index in [2.05, 4.69) is 39.6 Å². The van der Waals surface area contributed by atoms with Crippen molar-refractivity contribution in [3.8, 4) is 0 Å². The number of nitrogens with zero attached hydrogens (tertiary/aromatic N) is 4. The molecular formula is C24H32N4O. The van der Waals surface area contributed by atoms with E-state index in [1.54, 1.807) is 0 Å². The summed E-state index contributed by atoms with van der Waals surface area (Å²) in [5.74, 6) is 2.39. The van der Waals surface area contributed by atoms with Crippen LogP contribution in [0.15, 0.2) is 24.5 Å². The third kappa shape index (κ3) is 3.49. The average Bonchev–Trinajstić information content (AvgIpc) is 3.31. The Hall–Kier alpha value is -2.17. The second kappa shape index (κ2) is 7.26. The van der Waals surface area contributed by atoms with Gasteiger partial charge in [0.25, 0.3) is 5.91 Å². The molecule has 2 heterocycles. The molecule has 29 heavy (non-hydrogen) atoms. The van der Waals surface area contributed by atoms with Gasteiger partial charge in [0.1, 0.15) is 12.2 Å². The maximum absolute atomic E-state index is 13.4. The zero-order valence-electron chi connectivity index (χ0n) is 17.7. The van der Waals surface area contributed by atoms with Gasteiger partial charge in [-0.1, -0.05) is 25.3 Å². The van der Waals surface area contributed by atoms with Crippen LogP contribution in [0.2, 0.25) is 0 Å². The summed E-state index contributed by atoms with van der Waals surface area (Å²) >= 11 is 0. The smallest absolute Gasteiger partial charge is 0.253 e. The highest BCUT2D eigenvalue weighted by molar-refractivity contribution is 5.94. The van der Waals surface area contributed by atoms with Gasteiger partial charge in [-0.05, 0) is 74.1 Å². The fourth-order valence-corrected chi connectivity index (χ4v) is 5.55.